The van der Waals surface area contributed by atoms with Crippen molar-refractivity contribution in [1.82, 2.24) is 0 Å². The van der Waals surface area contributed by atoms with Crippen molar-refractivity contribution >= 4 is 8.80 Å². The van der Waals surface area contributed by atoms with E-state index < -0.39 is 8.80 Å². The summed E-state index contributed by atoms with van der Waals surface area (Å²) in [7, 11) is 2.42. The molecule has 1 saturated heterocycles. The fourth-order valence-corrected chi connectivity index (χ4v) is 4.78. The summed E-state index contributed by atoms with van der Waals surface area (Å²) in [6, 6.07) is 0. The molecule has 0 amide bonds. The van der Waals surface area contributed by atoms with Gasteiger partial charge in [0.1, 0.15) is 6.10 Å². The average Bonchev–Trinajstić information content (AvgIpc) is 3.29. The highest BCUT2D eigenvalue weighted by Crippen LogP contribution is 2.32. The van der Waals surface area contributed by atoms with Gasteiger partial charge in [-0.3, -0.25) is 0 Å². The molecule has 0 aromatic rings. The van der Waals surface area contributed by atoms with E-state index in [-0.39, 0.29) is 5.54 Å². The largest absolute Gasteiger partial charge is 0.503 e. The van der Waals surface area contributed by atoms with Crippen LogP contribution >= 0.6 is 0 Å². The van der Waals surface area contributed by atoms with Gasteiger partial charge in [0.05, 0.1) is 13.2 Å². The van der Waals surface area contributed by atoms with Gasteiger partial charge in [-0.1, -0.05) is 12.2 Å². The van der Waals surface area contributed by atoms with Gasteiger partial charge >= 0.3 is 8.80 Å². The lowest BCUT2D eigenvalue weighted by atomic mass is 10.2. The minimum Gasteiger partial charge on any atom is -0.379 e. The summed E-state index contributed by atoms with van der Waals surface area (Å²) in [4.78, 5) is 0. The summed E-state index contributed by atoms with van der Waals surface area (Å²) in [5.41, 5.74) is 0.263. The third kappa shape index (κ3) is 5.63. The van der Waals surface area contributed by atoms with Crippen molar-refractivity contribution in [3.05, 3.63) is 12.2 Å². The van der Waals surface area contributed by atoms with E-state index >= 15 is 0 Å². The quantitative estimate of drug-likeness (QED) is 0.240. The van der Waals surface area contributed by atoms with E-state index in [4.69, 9.17) is 22.8 Å². The lowest BCUT2D eigenvalue weighted by molar-refractivity contribution is 0.0975. The summed E-state index contributed by atoms with van der Waals surface area (Å²) < 4.78 is 27.5. The van der Waals surface area contributed by atoms with Crippen molar-refractivity contribution in [3.8, 4) is 0 Å². The molecule has 2 unspecified atom stereocenters. The van der Waals surface area contributed by atoms with Crippen LogP contribution in [0.3, 0.4) is 0 Å². The van der Waals surface area contributed by atoms with Crippen molar-refractivity contribution in [1.29, 1.82) is 0 Å². The molecular weight excluding hydrogens is 276 g/mol. The molecule has 0 aromatic carbocycles. The van der Waals surface area contributed by atoms with Crippen molar-refractivity contribution in [2.24, 2.45) is 0 Å². The van der Waals surface area contributed by atoms with Crippen LogP contribution in [0.2, 0.25) is 5.54 Å². The highest BCUT2D eigenvalue weighted by molar-refractivity contribution is 6.62. The van der Waals surface area contributed by atoms with Gasteiger partial charge in [-0.15, -0.1) is 0 Å². The zero-order valence-electron chi connectivity index (χ0n) is 13.1. The SMILES string of the molecule is CC=CCC(CCCOCC1CO1)[Si](OC)(OC)OC. The summed E-state index contributed by atoms with van der Waals surface area (Å²) in [5, 5.41) is 0. The summed E-state index contributed by atoms with van der Waals surface area (Å²) >= 11 is 0. The number of hydrogen-bond acceptors (Lipinski definition) is 5. The Morgan fingerprint density at radius 3 is 2.40 bits per heavy atom. The lowest BCUT2D eigenvalue weighted by Crippen LogP contribution is -2.47. The predicted molar refractivity (Wildman–Crippen MR) is 79.8 cm³/mol. The smallest absolute Gasteiger partial charge is 0.379 e. The van der Waals surface area contributed by atoms with Gasteiger partial charge in [-0.25, -0.2) is 0 Å². The Kier molecular flexibility index (Phi) is 8.59. The predicted octanol–water partition coefficient (Wildman–Crippen LogP) is 2.40. The second-order valence-electron chi connectivity index (χ2n) is 4.89. The van der Waals surface area contributed by atoms with E-state index in [2.05, 4.69) is 6.08 Å². The molecule has 1 aliphatic rings. The Morgan fingerprint density at radius 1 is 1.25 bits per heavy atom. The molecule has 1 heterocycles. The first kappa shape index (κ1) is 17.8. The average molecular weight is 304 g/mol. The number of epoxide rings is 1. The van der Waals surface area contributed by atoms with Crippen LogP contribution in [0.4, 0.5) is 0 Å². The first-order chi connectivity index (χ1) is 9.72. The van der Waals surface area contributed by atoms with Crippen molar-refractivity contribution < 1.29 is 22.8 Å². The first-order valence-electron chi connectivity index (χ1n) is 7.18. The van der Waals surface area contributed by atoms with Gasteiger partial charge in [0.25, 0.3) is 0 Å². The van der Waals surface area contributed by atoms with Crippen LogP contribution in [-0.2, 0) is 22.8 Å². The van der Waals surface area contributed by atoms with Crippen LogP contribution in [-0.4, -0.2) is 56.1 Å². The van der Waals surface area contributed by atoms with Gasteiger partial charge in [-0.2, -0.15) is 0 Å². The van der Waals surface area contributed by atoms with Gasteiger partial charge in [-0.05, 0) is 26.2 Å². The maximum atomic E-state index is 5.60. The monoisotopic (exact) mass is 304 g/mol. The maximum Gasteiger partial charge on any atom is 0.503 e. The number of hydrogen-bond donors (Lipinski definition) is 0. The zero-order chi connectivity index (χ0) is 14.8. The molecule has 2 atom stereocenters. The normalized spacial score (nSPS) is 20.5. The van der Waals surface area contributed by atoms with Gasteiger partial charge in [0.15, 0.2) is 0 Å². The summed E-state index contributed by atoms with van der Waals surface area (Å²) in [6.07, 6.45) is 7.37. The Hall–Kier alpha value is -0.243. The van der Waals surface area contributed by atoms with Crippen LogP contribution in [0.25, 0.3) is 0 Å². The molecule has 0 aliphatic carbocycles. The Labute approximate surface area is 123 Å². The van der Waals surface area contributed by atoms with E-state index in [0.29, 0.717) is 12.7 Å². The molecule has 1 aliphatic heterocycles. The second-order valence-corrected chi connectivity index (χ2v) is 8.14. The van der Waals surface area contributed by atoms with Crippen LogP contribution < -0.4 is 0 Å². The molecule has 5 nitrogen and oxygen atoms in total. The second kappa shape index (κ2) is 9.65. The fourth-order valence-electron chi connectivity index (χ4n) is 2.30. The maximum absolute atomic E-state index is 5.60. The van der Waals surface area contributed by atoms with Crippen molar-refractivity contribution in [2.75, 3.05) is 41.2 Å². The summed E-state index contributed by atoms with van der Waals surface area (Å²) in [5.74, 6) is 0. The minimum absolute atomic E-state index is 0.263. The lowest BCUT2D eigenvalue weighted by Gasteiger charge is -2.32. The topological polar surface area (TPSA) is 49.5 Å². The zero-order valence-corrected chi connectivity index (χ0v) is 14.1. The molecule has 0 bridgehead atoms. The van der Waals surface area contributed by atoms with E-state index in [1.165, 1.54) is 0 Å². The third-order valence-corrected chi connectivity index (χ3v) is 6.79. The molecule has 0 N–H and O–H groups in total. The van der Waals surface area contributed by atoms with Gasteiger partial charge in [0, 0.05) is 33.5 Å². The molecular formula is C14H28O5Si. The van der Waals surface area contributed by atoms with Crippen LogP contribution in [0.5, 0.6) is 0 Å². The van der Waals surface area contributed by atoms with E-state index in [1.807, 2.05) is 13.0 Å². The molecule has 0 radical (unpaired) electrons. The Balaban J connectivity index is 2.39. The third-order valence-electron chi connectivity index (χ3n) is 3.56. The first-order valence-corrected chi connectivity index (χ1v) is 8.98. The molecule has 118 valence electrons. The van der Waals surface area contributed by atoms with E-state index in [0.717, 1.165) is 32.5 Å². The highest BCUT2D eigenvalue weighted by atomic mass is 28.4. The van der Waals surface area contributed by atoms with Crippen LogP contribution in [0.15, 0.2) is 12.2 Å². The summed E-state index contributed by atoms with van der Waals surface area (Å²) in [6.45, 7) is 4.32. The van der Waals surface area contributed by atoms with E-state index in [1.54, 1.807) is 21.3 Å². The molecule has 0 spiro atoms. The Bertz CT molecular complexity index is 268. The molecule has 20 heavy (non-hydrogen) atoms. The molecule has 0 saturated carbocycles. The van der Waals surface area contributed by atoms with Gasteiger partial charge < -0.3 is 22.8 Å². The van der Waals surface area contributed by atoms with Gasteiger partial charge in [0.2, 0.25) is 0 Å². The van der Waals surface area contributed by atoms with Crippen LogP contribution in [0.1, 0.15) is 26.2 Å². The minimum atomic E-state index is -2.59. The van der Waals surface area contributed by atoms with Crippen molar-refractivity contribution in [3.63, 3.8) is 0 Å². The number of ether oxygens (including phenoxy) is 2. The molecule has 1 fully saturated rings. The van der Waals surface area contributed by atoms with Crippen molar-refractivity contribution in [2.45, 2.75) is 37.8 Å². The Morgan fingerprint density at radius 2 is 1.90 bits per heavy atom. The van der Waals surface area contributed by atoms with E-state index in [9.17, 15) is 0 Å². The standard InChI is InChI=1S/C14H28O5Si/c1-5-6-8-14(20(15-2,16-3)17-4)9-7-10-18-11-13-12-19-13/h5-6,13-14H,7-12H2,1-4H3. The highest BCUT2D eigenvalue weighted by Gasteiger charge is 2.46. The number of rotatable bonds is 12. The molecule has 0 aromatic heterocycles. The number of allylic oxidation sites excluding steroid dienone is 2. The van der Waals surface area contributed by atoms with Crippen LogP contribution in [0, 0.1) is 0 Å². The fraction of sp³-hybridized carbons (Fsp3) is 0.857. The molecule has 6 heteroatoms. The molecule has 1 rings (SSSR count).